The highest BCUT2D eigenvalue weighted by atomic mass is 16.5. The fourth-order valence-electron chi connectivity index (χ4n) is 1.61. The fourth-order valence-corrected chi connectivity index (χ4v) is 1.61. The van der Waals surface area contributed by atoms with Gasteiger partial charge < -0.3 is 14.1 Å². The molecule has 0 radical (unpaired) electrons. The fraction of sp³-hybridized carbons (Fsp3) is 0.200. The van der Waals surface area contributed by atoms with Crippen molar-refractivity contribution >= 4 is 18.0 Å². The van der Waals surface area contributed by atoms with E-state index in [1.165, 1.54) is 6.21 Å². The Labute approximate surface area is 123 Å². The number of hydrogen-bond acceptors (Lipinski definition) is 5. The summed E-state index contributed by atoms with van der Waals surface area (Å²) >= 11 is 0. The summed E-state index contributed by atoms with van der Waals surface area (Å²) in [6.07, 6.45) is 1.45. The number of furan rings is 1. The summed E-state index contributed by atoms with van der Waals surface area (Å²) in [6, 6.07) is 10.4. The first kappa shape index (κ1) is 14.6. The molecular formula is C15H17N3O3. The van der Waals surface area contributed by atoms with Gasteiger partial charge in [-0.25, -0.2) is 5.43 Å². The minimum absolute atomic E-state index is 0.298. The molecule has 0 saturated heterocycles. The molecule has 1 aromatic carbocycles. The second-order valence-electron chi connectivity index (χ2n) is 4.50. The van der Waals surface area contributed by atoms with E-state index in [1.807, 2.05) is 25.1 Å². The maximum absolute atomic E-state index is 11.8. The van der Waals surface area contributed by atoms with Crippen molar-refractivity contribution < 1.29 is 13.9 Å². The lowest BCUT2D eigenvalue weighted by molar-refractivity contribution is 0.0955. The highest BCUT2D eigenvalue weighted by Gasteiger charge is 2.04. The average molecular weight is 287 g/mol. The Hall–Kier alpha value is -2.76. The Morgan fingerprint density at radius 2 is 1.95 bits per heavy atom. The van der Waals surface area contributed by atoms with E-state index >= 15 is 0 Å². The highest BCUT2D eigenvalue weighted by molar-refractivity contribution is 5.94. The minimum atomic E-state index is -0.298. The number of methoxy groups -OCH3 is 1. The lowest BCUT2D eigenvalue weighted by Crippen LogP contribution is -2.17. The maximum Gasteiger partial charge on any atom is 0.271 e. The van der Waals surface area contributed by atoms with Crippen molar-refractivity contribution in [3.8, 4) is 5.75 Å². The van der Waals surface area contributed by atoms with E-state index in [2.05, 4.69) is 10.5 Å². The summed E-state index contributed by atoms with van der Waals surface area (Å²) in [4.78, 5) is 13.7. The molecule has 2 rings (SSSR count). The number of hydrazone groups is 1. The van der Waals surface area contributed by atoms with Crippen LogP contribution in [-0.2, 0) is 0 Å². The van der Waals surface area contributed by atoms with Gasteiger partial charge in [0.2, 0.25) is 0 Å². The molecule has 0 unspecified atom stereocenters. The van der Waals surface area contributed by atoms with E-state index in [0.717, 1.165) is 5.88 Å². The van der Waals surface area contributed by atoms with Crippen LogP contribution in [0.5, 0.6) is 5.75 Å². The topological polar surface area (TPSA) is 67.1 Å². The van der Waals surface area contributed by atoms with Crippen LogP contribution in [0.25, 0.3) is 0 Å². The van der Waals surface area contributed by atoms with Crippen LogP contribution in [0.1, 0.15) is 16.1 Å². The van der Waals surface area contributed by atoms with E-state index in [4.69, 9.17) is 9.15 Å². The third-order valence-corrected chi connectivity index (χ3v) is 2.76. The number of rotatable bonds is 5. The molecule has 110 valence electrons. The van der Waals surface area contributed by atoms with E-state index in [1.54, 1.807) is 37.4 Å². The molecule has 0 saturated carbocycles. The van der Waals surface area contributed by atoms with Crippen molar-refractivity contribution in [2.75, 3.05) is 26.1 Å². The minimum Gasteiger partial charge on any atom is -0.497 e. The molecule has 21 heavy (non-hydrogen) atoms. The molecule has 0 spiro atoms. The zero-order valence-corrected chi connectivity index (χ0v) is 12.2. The van der Waals surface area contributed by atoms with Crippen molar-refractivity contribution in [3.63, 3.8) is 0 Å². The number of amides is 1. The molecule has 1 amide bonds. The van der Waals surface area contributed by atoms with Crippen LogP contribution in [0.3, 0.4) is 0 Å². The van der Waals surface area contributed by atoms with Crippen LogP contribution in [-0.4, -0.2) is 33.3 Å². The van der Waals surface area contributed by atoms with Gasteiger partial charge in [0.25, 0.3) is 5.91 Å². The summed E-state index contributed by atoms with van der Waals surface area (Å²) < 4.78 is 10.5. The molecule has 1 N–H and O–H groups in total. The average Bonchev–Trinajstić information content (AvgIpc) is 2.96. The first-order chi connectivity index (χ1) is 10.1. The van der Waals surface area contributed by atoms with Crippen molar-refractivity contribution in [2.24, 2.45) is 5.10 Å². The van der Waals surface area contributed by atoms with E-state index in [9.17, 15) is 4.79 Å². The molecule has 0 atom stereocenters. The van der Waals surface area contributed by atoms with Gasteiger partial charge in [-0.3, -0.25) is 4.79 Å². The maximum atomic E-state index is 11.8. The van der Waals surface area contributed by atoms with Gasteiger partial charge in [0.05, 0.1) is 13.3 Å². The van der Waals surface area contributed by atoms with Crippen LogP contribution in [0, 0.1) is 0 Å². The lowest BCUT2D eigenvalue weighted by Gasteiger charge is -2.05. The number of anilines is 1. The van der Waals surface area contributed by atoms with Crippen LogP contribution in [0.2, 0.25) is 0 Å². The van der Waals surface area contributed by atoms with Gasteiger partial charge in [-0.15, -0.1) is 0 Å². The Balaban J connectivity index is 1.94. The quantitative estimate of drug-likeness (QED) is 0.675. The summed E-state index contributed by atoms with van der Waals surface area (Å²) in [5.41, 5.74) is 2.94. The SMILES string of the molecule is COc1ccc(C(=O)NN=Cc2ccc(N(C)C)o2)cc1. The largest absolute Gasteiger partial charge is 0.497 e. The summed E-state index contributed by atoms with van der Waals surface area (Å²) in [6.45, 7) is 0. The van der Waals surface area contributed by atoms with Crippen LogP contribution in [0.4, 0.5) is 5.88 Å². The van der Waals surface area contributed by atoms with Gasteiger partial charge in [0.15, 0.2) is 5.88 Å². The number of nitrogens with zero attached hydrogens (tertiary/aromatic N) is 2. The second-order valence-corrected chi connectivity index (χ2v) is 4.50. The van der Waals surface area contributed by atoms with Gasteiger partial charge in [-0.1, -0.05) is 0 Å². The monoisotopic (exact) mass is 287 g/mol. The Morgan fingerprint density at radius 3 is 2.52 bits per heavy atom. The third-order valence-electron chi connectivity index (χ3n) is 2.76. The van der Waals surface area contributed by atoms with Crippen LogP contribution >= 0.6 is 0 Å². The number of ether oxygens (including phenoxy) is 1. The van der Waals surface area contributed by atoms with Crippen molar-refractivity contribution in [1.29, 1.82) is 0 Å². The zero-order chi connectivity index (χ0) is 15.2. The first-order valence-corrected chi connectivity index (χ1v) is 6.35. The Morgan fingerprint density at radius 1 is 1.24 bits per heavy atom. The Kier molecular flexibility index (Phi) is 4.61. The molecule has 0 bridgehead atoms. The van der Waals surface area contributed by atoms with Gasteiger partial charge in [-0.2, -0.15) is 5.10 Å². The molecule has 0 fully saturated rings. The van der Waals surface area contributed by atoms with E-state index < -0.39 is 0 Å². The molecule has 0 aliphatic rings. The molecular weight excluding hydrogens is 270 g/mol. The van der Waals surface area contributed by atoms with Gasteiger partial charge in [0, 0.05) is 25.7 Å². The van der Waals surface area contributed by atoms with Gasteiger partial charge in [0.1, 0.15) is 11.5 Å². The predicted molar refractivity (Wildman–Crippen MR) is 81.1 cm³/mol. The smallest absolute Gasteiger partial charge is 0.271 e. The summed E-state index contributed by atoms with van der Waals surface area (Å²) in [7, 11) is 5.33. The van der Waals surface area contributed by atoms with Crippen molar-refractivity contribution in [1.82, 2.24) is 5.43 Å². The van der Waals surface area contributed by atoms with Gasteiger partial charge in [-0.05, 0) is 30.3 Å². The van der Waals surface area contributed by atoms with Crippen LogP contribution in [0.15, 0.2) is 45.9 Å². The van der Waals surface area contributed by atoms with Crippen molar-refractivity contribution in [3.05, 3.63) is 47.7 Å². The third kappa shape index (κ3) is 3.85. The number of benzene rings is 1. The summed E-state index contributed by atoms with van der Waals surface area (Å²) in [5, 5.41) is 3.87. The molecule has 6 heteroatoms. The molecule has 0 aliphatic heterocycles. The molecule has 1 aromatic heterocycles. The number of carbonyl (C=O) groups excluding carboxylic acids is 1. The highest BCUT2D eigenvalue weighted by Crippen LogP contribution is 2.14. The van der Waals surface area contributed by atoms with Gasteiger partial charge >= 0.3 is 0 Å². The standard InChI is InChI=1S/C15H17N3O3/c1-18(2)14-9-8-13(21-14)10-16-17-15(19)11-4-6-12(20-3)7-5-11/h4-10H,1-3H3,(H,17,19). The normalized spacial score (nSPS) is 10.6. The Bertz CT molecular complexity index is 630. The zero-order valence-electron chi connectivity index (χ0n) is 12.2. The molecule has 2 aromatic rings. The second kappa shape index (κ2) is 6.60. The first-order valence-electron chi connectivity index (χ1n) is 6.35. The number of hydrogen-bond donors (Lipinski definition) is 1. The van der Waals surface area contributed by atoms with E-state index in [0.29, 0.717) is 17.1 Å². The predicted octanol–water partition coefficient (Wildman–Crippen LogP) is 2.12. The molecule has 1 heterocycles. The molecule has 6 nitrogen and oxygen atoms in total. The number of carbonyl (C=O) groups is 1. The van der Waals surface area contributed by atoms with Crippen molar-refractivity contribution in [2.45, 2.75) is 0 Å². The number of nitrogens with one attached hydrogen (secondary N) is 1. The lowest BCUT2D eigenvalue weighted by atomic mass is 10.2. The van der Waals surface area contributed by atoms with Crippen LogP contribution < -0.4 is 15.1 Å². The molecule has 0 aliphatic carbocycles. The van der Waals surface area contributed by atoms with E-state index in [-0.39, 0.29) is 5.91 Å². The summed E-state index contributed by atoms with van der Waals surface area (Å²) in [5.74, 6) is 1.68.